The molecule has 0 saturated heterocycles. The third-order valence-corrected chi connectivity index (χ3v) is 7.37. The minimum Gasteiger partial charge on any atom is -0.481 e. The normalized spacial score (nSPS) is 11.8. The smallest absolute Gasteiger partial charge is 0.303 e. The zero-order valence-corrected chi connectivity index (χ0v) is 21.5. The summed E-state index contributed by atoms with van der Waals surface area (Å²) in [6, 6.07) is 15.7. The molecule has 0 fully saturated rings. The maximum Gasteiger partial charge on any atom is 0.303 e. The fourth-order valence-electron chi connectivity index (χ4n) is 3.60. The molecule has 2 rings (SSSR count). The van der Waals surface area contributed by atoms with Crippen LogP contribution in [0, 0.1) is 5.92 Å². The van der Waals surface area contributed by atoms with E-state index >= 15 is 0 Å². The molecule has 1 amide bonds. The molecule has 2 aromatic carbocycles. The number of aryl methyl sites for hydroxylation is 1. The van der Waals surface area contributed by atoms with E-state index in [-0.39, 0.29) is 18.2 Å². The molecule has 0 heterocycles. The van der Waals surface area contributed by atoms with Gasteiger partial charge in [0.2, 0.25) is 5.91 Å². The van der Waals surface area contributed by atoms with Crippen LogP contribution in [0.25, 0.3) is 0 Å². The van der Waals surface area contributed by atoms with Gasteiger partial charge in [0.05, 0.1) is 10.0 Å². The van der Waals surface area contributed by atoms with E-state index in [0.717, 1.165) is 37.0 Å². The van der Waals surface area contributed by atoms with Gasteiger partial charge in [-0.2, -0.15) is 0 Å². The van der Waals surface area contributed by atoms with E-state index in [4.69, 9.17) is 23.2 Å². The first-order valence-electron chi connectivity index (χ1n) is 11.5. The van der Waals surface area contributed by atoms with Crippen molar-refractivity contribution in [3.63, 3.8) is 0 Å². The van der Waals surface area contributed by atoms with E-state index in [1.165, 1.54) is 17.3 Å². The number of thioether (sulfide) groups is 1. The molecular formula is C26H33Cl2NO3S. The topological polar surface area (TPSA) is 57.6 Å². The molecule has 0 spiro atoms. The number of unbranched alkanes of at least 4 members (excludes halogenated alkanes) is 2. The summed E-state index contributed by atoms with van der Waals surface area (Å²) in [5.74, 6) is -0.687. The van der Waals surface area contributed by atoms with Gasteiger partial charge in [0.25, 0.3) is 0 Å². The number of carbonyl (C=O) groups excluding carboxylic acids is 1. The van der Waals surface area contributed by atoms with Gasteiger partial charge in [-0.25, -0.2) is 0 Å². The van der Waals surface area contributed by atoms with Crippen LogP contribution in [0.2, 0.25) is 10.0 Å². The minimum absolute atomic E-state index is 0.0227. The number of hydrogen-bond donors (Lipinski definition) is 1. The van der Waals surface area contributed by atoms with Gasteiger partial charge >= 0.3 is 5.97 Å². The molecule has 0 aliphatic carbocycles. The second-order valence-electron chi connectivity index (χ2n) is 8.14. The summed E-state index contributed by atoms with van der Waals surface area (Å²) in [6.07, 6.45) is 5.21. The summed E-state index contributed by atoms with van der Waals surface area (Å²) < 4.78 is 0. The van der Waals surface area contributed by atoms with Gasteiger partial charge in [0.1, 0.15) is 0 Å². The number of hydrogen-bond acceptors (Lipinski definition) is 3. The molecule has 0 radical (unpaired) electrons. The predicted molar refractivity (Wildman–Crippen MR) is 138 cm³/mol. The van der Waals surface area contributed by atoms with E-state index < -0.39 is 5.97 Å². The fourth-order valence-corrected chi connectivity index (χ4v) is 5.03. The molecule has 1 unspecified atom stereocenters. The second-order valence-corrected chi connectivity index (χ2v) is 10.0. The van der Waals surface area contributed by atoms with Crippen molar-refractivity contribution in [1.29, 1.82) is 0 Å². The number of carboxylic acids is 1. The SMILES string of the molecule is CCCCCN(CCCc1ccccc1)C(=O)C(CCC(=O)O)CSc1ccc(Cl)c(Cl)c1. The van der Waals surface area contributed by atoms with Gasteiger partial charge in [0.15, 0.2) is 0 Å². The van der Waals surface area contributed by atoms with Crippen LogP contribution < -0.4 is 0 Å². The number of nitrogens with zero attached hydrogens (tertiary/aromatic N) is 1. The summed E-state index contributed by atoms with van der Waals surface area (Å²) in [5, 5.41) is 10.2. The molecule has 33 heavy (non-hydrogen) atoms. The molecule has 0 aromatic heterocycles. The predicted octanol–water partition coefficient (Wildman–Crippen LogP) is 7.22. The van der Waals surface area contributed by atoms with Crippen molar-refractivity contribution >= 4 is 46.8 Å². The highest BCUT2D eigenvalue weighted by Gasteiger charge is 2.25. The molecule has 0 aliphatic heterocycles. The summed E-state index contributed by atoms with van der Waals surface area (Å²) >= 11 is 13.6. The van der Waals surface area contributed by atoms with Crippen molar-refractivity contribution in [3.05, 3.63) is 64.1 Å². The van der Waals surface area contributed by atoms with Crippen molar-refractivity contribution in [1.82, 2.24) is 4.90 Å². The largest absolute Gasteiger partial charge is 0.481 e. The molecule has 180 valence electrons. The lowest BCUT2D eigenvalue weighted by atomic mass is 10.0. The van der Waals surface area contributed by atoms with Gasteiger partial charge in [-0.05, 0) is 49.4 Å². The summed E-state index contributed by atoms with van der Waals surface area (Å²) in [5.41, 5.74) is 1.26. The highest BCUT2D eigenvalue weighted by molar-refractivity contribution is 7.99. The zero-order chi connectivity index (χ0) is 24.1. The zero-order valence-electron chi connectivity index (χ0n) is 19.1. The van der Waals surface area contributed by atoms with Crippen molar-refractivity contribution in [3.8, 4) is 0 Å². The van der Waals surface area contributed by atoms with Crippen LogP contribution in [0.4, 0.5) is 0 Å². The van der Waals surface area contributed by atoms with Crippen LogP contribution in [0.1, 0.15) is 51.0 Å². The van der Waals surface area contributed by atoms with E-state index in [0.29, 0.717) is 35.3 Å². The van der Waals surface area contributed by atoms with Gasteiger partial charge in [-0.15, -0.1) is 11.8 Å². The Morgan fingerprint density at radius 1 is 1.00 bits per heavy atom. The van der Waals surface area contributed by atoms with Crippen LogP contribution in [0.15, 0.2) is 53.4 Å². The first-order valence-corrected chi connectivity index (χ1v) is 13.3. The van der Waals surface area contributed by atoms with Crippen LogP contribution in [0.3, 0.4) is 0 Å². The Labute approximate surface area is 211 Å². The van der Waals surface area contributed by atoms with Gasteiger partial charge in [-0.1, -0.05) is 73.3 Å². The van der Waals surface area contributed by atoms with Gasteiger partial charge in [-0.3, -0.25) is 9.59 Å². The van der Waals surface area contributed by atoms with E-state index in [2.05, 4.69) is 19.1 Å². The molecule has 7 heteroatoms. The van der Waals surface area contributed by atoms with Gasteiger partial charge in [0, 0.05) is 36.1 Å². The molecule has 0 aliphatic rings. The van der Waals surface area contributed by atoms with Gasteiger partial charge < -0.3 is 10.0 Å². The van der Waals surface area contributed by atoms with Crippen molar-refractivity contribution in [2.75, 3.05) is 18.8 Å². The molecule has 0 saturated carbocycles. The summed E-state index contributed by atoms with van der Waals surface area (Å²) in [7, 11) is 0. The third-order valence-electron chi connectivity index (χ3n) is 5.48. The lowest BCUT2D eigenvalue weighted by molar-refractivity contribution is -0.138. The molecular weight excluding hydrogens is 477 g/mol. The van der Waals surface area contributed by atoms with Crippen LogP contribution in [0.5, 0.6) is 0 Å². The standard InChI is InChI=1S/C26H33Cl2NO3S/c1-2-3-7-16-29(17-8-11-20-9-5-4-6-10-20)26(32)21(12-15-25(30)31)19-33-22-13-14-23(27)24(28)18-22/h4-6,9-10,13-14,18,21H,2-3,7-8,11-12,15-17,19H2,1H3,(H,30,31). The quantitative estimate of drug-likeness (QED) is 0.203. The lowest BCUT2D eigenvalue weighted by Gasteiger charge is -2.27. The second kappa shape index (κ2) is 15.3. The Bertz CT molecular complexity index is 879. The maximum absolute atomic E-state index is 13.5. The Morgan fingerprint density at radius 2 is 1.73 bits per heavy atom. The van der Waals surface area contributed by atoms with Crippen molar-refractivity contribution < 1.29 is 14.7 Å². The molecule has 0 bridgehead atoms. The minimum atomic E-state index is -0.881. The molecule has 1 N–H and O–H groups in total. The molecule has 4 nitrogen and oxygen atoms in total. The number of carbonyl (C=O) groups is 2. The average Bonchev–Trinajstić information content (AvgIpc) is 2.80. The van der Waals surface area contributed by atoms with Crippen LogP contribution in [-0.2, 0) is 16.0 Å². The van der Waals surface area contributed by atoms with Crippen LogP contribution >= 0.6 is 35.0 Å². The highest BCUT2D eigenvalue weighted by atomic mass is 35.5. The third kappa shape index (κ3) is 10.4. The van der Waals surface area contributed by atoms with Crippen molar-refractivity contribution in [2.24, 2.45) is 5.92 Å². The van der Waals surface area contributed by atoms with E-state index in [1.54, 1.807) is 12.1 Å². The van der Waals surface area contributed by atoms with E-state index in [1.807, 2.05) is 29.2 Å². The molecule has 1 atom stereocenters. The van der Waals surface area contributed by atoms with Crippen molar-refractivity contribution in [2.45, 2.75) is 56.8 Å². The number of rotatable bonds is 15. The Balaban J connectivity index is 2.05. The lowest BCUT2D eigenvalue weighted by Crippen LogP contribution is -2.39. The number of carboxylic acid groups (broad SMARTS) is 1. The summed E-state index contributed by atoms with van der Waals surface area (Å²) in [6.45, 7) is 3.53. The molecule has 2 aromatic rings. The Morgan fingerprint density at radius 3 is 2.39 bits per heavy atom. The summed E-state index contributed by atoms with van der Waals surface area (Å²) in [4.78, 5) is 27.6. The maximum atomic E-state index is 13.5. The number of amides is 1. The Kier molecular flexibility index (Phi) is 12.7. The highest BCUT2D eigenvalue weighted by Crippen LogP contribution is 2.30. The number of halogens is 2. The fraction of sp³-hybridized carbons (Fsp3) is 0.462. The number of benzene rings is 2. The average molecular weight is 511 g/mol. The Hall–Kier alpha value is -1.69. The van der Waals surface area contributed by atoms with Crippen LogP contribution in [-0.4, -0.2) is 40.7 Å². The first kappa shape index (κ1) is 27.6. The first-order chi connectivity index (χ1) is 15.9. The monoisotopic (exact) mass is 509 g/mol. The number of aliphatic carboxylic acids is 1. The van der Waals surface area contributed by atoms with E-state index in [9.17, 15) is 14.7 Å².